The van der Waals surface area contributed by atoms with Crippen molar-refractivity contribution < 1.29 is 9.59 Å². The van der Waals surface area contributed by atoms with E-state index in [1.807, 2.05) is 30.0 Å². The summed E-state index contributed by atoms with van der Waals surface area (Å²) in [5.74, 6) is 0.193. The number of para-hydroxylation sites is 1. The van der Waals surface area contributed by atoms with Crippen LogP contribution in [0.15, 0.2) is 30.3 Å². The molecule has 0 bridgehead atoms. The smallest absolute Gasteiger partial charge is 0.222 e. The van der Waals surface area contributed by atoms with Crippen molar-refractivity contribution in [2.75, 3.05) is 37.6 Å². The summed E-state index contributed by atoms with van der Waals surface area (Å²) in [4.78, 5) is 28.1. The summed E-state index contributed by atoms with van der Waals surface area (Å²) in [6.07, 6.45) is 2.31. The molecule has 1 aromatic rings. The monoisotopic (exact) mass is 418 g/mol. The van der Waals surface area contributed by atoms with E-state index in [0.717, 1.165) is 26.2 Å². The van der Waals surface area contributed by atoms with Gasteiger partial charge in [0.1, 0.15) is 0 Å². The molecule has 8 heteroatoms. The fourth-order valence-electron chi connectivity index (χ4n) is 2.93. The number of hydrogen-bond acceptors (Lipinski definition) is 4. The van der Waals surface area contributed by atoms with Crippen LogP contribution < -0.4 is 16.0 Å². The molecule has 6 nitrogen and oxygen atoms in total. The third kappa shape index (κ3) is 9.31. The lowest BCUT2D eigenvalue weighted by molar-refractivity contribution is -0.131. The van der Waals surface area contributed by atoms with Crippen LogP contribution in [0.5, 0.6) is 0 Å². The van der Waals surface area contributed by atoms with Crippen molar-refractivity contribution >= 4 is 42.3 Å². The minimum Gasteiger partial charge on any atom is -0.368 e. The van der Waals surface area contributed by atoms with Gasteiger partial charge in [-0.25, -0.2) is 0 Å². The average Bonchev–Trinajstić information content (AvgIpc) is 2.64. The number of halogens is 2. The minimum absolute atomic E-state index is 0. The zero-order valence-corrected chi connectivity index (χ0v) is 17.6. The number of nitrogens with one attached hydrogen (secondary N) is 1. The summed E-state index contributed by atoms with van der Waals surface area (Å²) in [5, 5.41) is 2.85. The van der Waals surface area contributed by atoms with Crippen molar-refractivity contribution in [2.24, 2.45) is 5.73 Å². The highest BCUT2D eigenvalue weighted by Gasteiger charge is 2.20. The van der Waals surface area contributed by atoms with Crippen molar-refractivity contribution in [3.8, 4) is 0 Å². The Labute approximate surface area is 174 Å². The van der Waals surface area contributed by atoms with Gasteiger partial charge in [-0.3, -0.25) is 9.59 Å². The fourth-order valence-corrected chi connectivity index (χ4v) is 2.93. The number of nitrogens with zero attached hydrogens (tertiary/aromatic N) is 2. The van der Waals surface area contributed by atoms with Crippen molar-refractivity contribution in [1.29, 1.82) is 0 Å². The van der Waals surface area contributed by atoms with E-state index in [2.05, 4.69) is 22.3 Å². The van der Waals surface area contributed by atoms with E-state index in [9.17, 15) is 9.59 Å². The van der Waals surface area contributed by atoms with Crippen molar-refractivity contribution in [2.45, 2.75) is 38.6 Å². The molecule has 0 radical (unpaired) electrons. The molecule has 1 fully saturated rings. The average molecular weight is 419 g/mol. The zero-order chi connectivity index (χ0) is 18.1. The molecule has 0 aliphatic carbocycles. The second-order valence-electron chi connectivity index (χ2n) is 6.67. The van der Waals surface area contributed by atoms with Gasteiger partial charge in [-0.2, -0.15) is 0 Å². The highest BCUT2D eigenvalue weighted by atomic mass is 35.5. The summed E-state index contributed by atoms with van der Waals surface area (Å²) >= 11 is 0. The Balaban J connectivity index is 0.00000338. The molecule has 27 heavy (non-hydrogen) atoms. The first-order valence-corrected chi connectivity index (χ1v) is 9.16. The van der Waals surface area contributed by atoms with Gasteiger partial charge >= 0.3 is 0 Å². The van der Waals surface area contributed by atoms with Crippen LogP contribution in [0.2, 0.25) is 0 Å². The number of piperazine rings is 1. The number of hydrogen-bond donors (Lipinski definition) is 2. The van der Waals surface area contributed by atoms with E-state index in [1.165, 1.54) is 5.69 Å². The van der Waals surface area contributed by atoms with E-state index in [4.69, 9.17) is 5.73 Å². The van der Waals surface area contributed by atoms with Crippen molar-refractivity contribution in [3.63, 3.8) is 0 Å². The van der Waals surface area contributed by atoms with E-state index in [1.54, 1.807) is 0 Å². The Hall–Kier alpha value is -1.50. The predicted molar refractivity (Wildman–Crippen MR) is 115 cm³/mol. The van der Waals surface area contributed by atoms with Crippen LogP contribution in [0, 0.1) is 0 Å². The maximum Gasteiger partial charge on any atom is 0.222 e. The molecule has 1 unspecified atom stereocenters. The zero-order valence-electron chi connectivity index (χ0n) is 15.9. The molecule has 1 saturated heterocycles. The van der Waals surface area contributed by atoms with Gasteiger partial charge in [0.2, 0.25) is 11.8 Å². The maximum atomic E-state index is 12.3. The number of nitrogens with two attached hydrogens (primary N) is 1. The summed E-state index contributed by atoms with van der Waals surface area (Å²) in [6, 6.07) is 10.3. The SMILES string of the molecule is CC(N)CCC(=O)NCCCC(=O)N1CCN(c2ccccc2)CC1.Cl.Cl. The molecular formula is C19H32Cl2N4O2. The number of carbonyl (C=O) groups excluding carboxylic acids is 2. The molecule has 1 aliphatic rings. The predicted octanol–water partition coefficient (Wildman–Crippen LogP) is 2.20. The Kier molecular flexibility index (Phi) is 12.9. The lowest BCUT2D eigenvalue weighted by Gasteiger charge is -2.36. The van der Waals surface area contributed by atoms with Crippen LogP contribution >= 0.6 is 24.8 Å². The van der Waals surface area contributed by atoms with Crippen LogP contribution in [-0.2, 0) is 9.59 Å². The molecular weight excluding hydrogens is 387 g/mol. The van der Waals surface area contributed by atoms with Crippen LogP contribution in [0.1, 0.15) is 32.6 Å². The molecule has 2 amide bonds. The first kappa shape index (κ1) is 25.5. The van der Waals surface area contributed by atoms with E-state index in [0.29, 0.717) is 32.2 Å². The quantitative estimate of drug-likeness (QED) is 0.634. The van der Waals surface area contributed by atoms with Gasteiger partial charge in [-0.05, 0) is 31.9 Å². The molecule has 0 saturated carbocycles. The summed E-state index contributed by atoms with van der Waals surface area (Å²) in [7, 11) is 0. The van der Waals surface area contributed by atoms with Gasteiger partial charge < -0.3 is 20.9 Å². The third-order valence-electron chi connectivity index (χ3n) is 4.47. The number of rotatable bonds is 8. The molecule has 1 atom stereocenters. The third-order valence-corrected chi connectivity index (χ3v) is 4.47. The van der Waals surface area contributed by atoms with E-state index >= 15 is 0 Å². The van der Waals surface area contributed by atoms with E-state index in [-0.39, 0.29) is 42.7 Å². The van der Waals surface area contributed by atoms with Gasteiger partial charge in [0.05, 0.1) is 0 Å². The molecule has 2 rings (SSSR count). The number of benzene rings is 1. The molecule has 0 aromatic heterocycles. The van der Waals surface area contributed by atoms with Gasteiger partial charge in [-0.15, -0.1) is 24.8 Å². The Morgan fingerprint density at radius 1 is 1.07 bits per heavy atom. The molecule has 1 aliphatic heterocycles. The standard InChI is InChI=1S/C19H30N4O2.2ClH/c1-16(20)9-10-18(24)21-11-5-8-19(25)23-14-12-22(13-15-23)17-6-3-2-4-7-17;;/h2-4,6-7,16H,5,8-15,20H2,1H3,(H,21,24);2*1H. The molecule has 1 heterocycles. The summed E-state index contributed by atoms with van der Waals surface area (Å²) in [5.41, 5.74) is 6.84. The second-order valence-corrected chi connectivity index (χ2v) is 6.67. The van der Waals surface area contributed by atoms with Gasteiger partial charge in [0, 0.05) is 57.3 Å². The maximum absolute atomic E-state index is 12.3. The van der Waals surface area contributed by atoms with E-state index < -0.39 is 0 Å². The van der Waals surface area contributed by atoms with Crippen LogP contribution in [-0.4, -0.2) is 55.5 Å². The summed E-state index contributed by atoms with van der Waals surface area (Å²) in [6.45, 7) is 5.69. The van der Waals surface area contributed by atoms with Crippen molar-refractivity contribution in [3.05, 3.63) is 30.3 Å². The minimum atomic E-state index is 0. The topological polar surface area (TPSA) is 78.7 Å². The Morgan fingerprint density at radius 2 is 1.70 bits per heavy atom. The number of anilines is 1. The van der Waals surface area contributed by atoms with Gasteiger partial charge in [0.25, 0.3) is 0 Å². The first-order valence-electron chi connectivity index (χ1n) is 9.16. The van der Waals surface area contributed by atoms with Crippen molar-refractivity contribution in [1.82, 2.24) is 10.2 Å². The molecule has 0 spiro atoms. The molecule has 154 valence electrons. The van der Waals surface area contributed by atoms with Crippen LogP contribution in [0.3, 0.4) is 0 Å². The summed E-state index contributed by atoms with van der Waals surface area (Å²) < 4.78 is 0. The Bertz CT molecular complexity index is 550. The Morgan fingerprint density at radius 3 is 2.30 bits per heavy atom. The molecule has 1 aromatic carbocycles. The van der Waals surface area contributed by atoms with Crippen LogP contribution in [0.25, 0.3) is 0 Å². The lowest BCUT2D eigenvalue weighted by atomic mass is 10.2. The van der Waals surface area contributed by atoms with Gasteiger partial charge in [0.15, 0.2) is 0 Å². The fraction of sp³-hybridized carbons (Fsp3) is 0.579. The highest BCUT2D eigenvalue weighted by molar-refractivity contribution is 5.85. The second kappa shape index (κ2) is 13.6. The van der Waals surface area contributed by atoms with Gasteiger partial charge in [-0.1, -0.05) is 18.2 Å². The normalized spacial score (nSPS) is 14.6. The number of carbonyl (C=O) groups is 2. The largest absolute Gasteiger partial charge is 0.368 e. The highest BCUT2D eigenvalue weighted by Crippen LogP contribution is 2.16. The lowest BCUT2D eigenvalue weighted by Crippen LogP contribution is -2.48. The molecule has 3 N–H and O–H groups in total. The first-order chi connectivity index (χ1) is 12.1. The van der Waals surface area contributed by atoms with Crippen LogP contribution in [0.4, 0.5) is 5.69 Å². The number of amides is 2.